The van der Waals surface area contributed by atoms with Gasteiger partial charge in [-0.05, 0) is 54.4 Å². The molecule has 1 heterocycles. The van der Waals surface area contributed by atoms with Crippen molar-refractivity contribution < 1.29 is 22.7 Å². The Labute approximate surface area is 163 Å². The van der Waals surface area contributed by atoms with E-state index in [1.54, 1.807) is 4.68 Å². The first-order valence-electron chi connectivity index (χ1n) is 8.81. The summed E-state index contributed by atoms with van der Waals surface area (Å²) < 4.78 is 57.5. The minimum Gasteiger partial charge on any atom is -0.372 e. The van der Waals surface area contributed by atoms with Gasteiger partial charge in [-0.1, -0.05) is 30.3 Å². The topological polar surface area (TPSA) is 38.1 Å². The van der Waals surface area contributed by atoms with Gasteiger partial charge >= 0.3 is 6.18 Å². The first-order chi connectivity index (χ1) is 13.7. The summed E-state index contributed by atoms with van der Waals surface area (Å²) in [5.41, 5.74) is -2.84. The van der Waals surface area contributed by atoms with E-state index in [-0.39, 0.29) is 5.56 Å². The zero-order chi connectivity index (χ0) is 20.8. The average Bonchev–Trinajstić information content (AvgIpc) is 3.12. The third-order valence-corrected chi connectivity index (χ3v) is 4.99. The summed E-state index contributed by atoms with van der Waals surface area (Å²) in [5.74, 6) is -0.855. The molecule has 0 aliphatic heterocycles. The molecule has 1 N–H and O–H groups in total. The van der Waals surface area contributed by atoms with E-state index in [9.17, 15) is 22.7 Å². The first kappa shape index (κ1) is 19.1. The molecule has 0 saturated carbocycles. The highest BCUT2D eigenvalue weighted by atomic mass is 19.4. The first-order valence-corrected chi connectivity index (χ1v) is 8.81. The van der Waals surface area contributed by atoms with Crippen molar-refractivity contribution in [1.82, 2.24) is 9.78 Å². The molecular weight excluding hydrogens is 384 g/mol. The van der Waals surface area contributed by atoms with Crippen LogP contribution >= 0.6 is 0 Å². The molecule has 0 aliphatic rings. The van der Waals surface area contributed by atoms with Crippen molar-refractivity contribution in [3.05, 3.63) is 95.4 Å². The van der Waals surface area contributed by atoms with Gasteiger partial charge in [-0.2, -0.15) is 18.3 Å². The molecule has 7 heteroatoms. The molecule has 1 atom stereocenters. The number of para-hydroxylation sites is 1. The quantitative estimate of drug-likeness (QED) is 0.476. The van der Waals surface area contributed by atoms with Crippen molar-refractivity contribution in [3.8, 4) is 5.69 Å². The molecule has 4 aromatic rings. The van der Waals surface area contributed by atoms with Crippen molar-refractivity contribution in [2.75, 3.05) is 0 Å². The fraction of sp³-hybridized carbons (Fsp3) is 0.136. The second-order valence-electron chi connectivity index (χ2n) is 6.83. The largest absolute Gasteiger partial charge is 0.425 e. The molecule has 1 aromatic heterocycles. The summed E-state index contributed by atoms with van der Waals surface area (Å²) in [5, 5.41) is 15.5. The second kappa shape index (κ2) is 6.70. The van der Waals surface area contributed by atoms with Crippen molar-refractivity contribution in [2.45, 2.75) is 18.7 Å². The molecule has 0 bridgehead atoms. The Kier molecular flexibility index (Phi) is 4.42. The van der Waals surface area contributed by atoms with Gasteiger partial charge in [0, 0.05) is 10.9 Å². The van der Waals surface area contributed by atoms with Crippen LogP contribution < -0.4 is 0 Å². The standard InChI is InChI=1S/C22H16F4N2O/c1-14-7-9-17(23)12-19(14)21(29,22(24,25)26)16-8-10-20-15(11-16)13-27-28(20)18-5-3-2-4-6-18/h2-13,29H,1H3. The van der Waals surface area contributed by atoms with Crippen LogP contribution in [0.15, 0.2) is 72.9 Å². The number of nitrogens with zero attached hydrogens (tertiary/aromatic N) is 2. The minimum atomic E-state index is -5.06. The highest BCUT2D eigenvalue weighted by Gasteiger charge is 2.57. The Morgan fingerprint density at radius 1 is 0.931 bits per heavy atom. The molecule has 4 rings (SSSR count). The zero-order valence-electron chi connectivity index (χ0n) is 15.3. The number of benzene rings is 3. The van der Waals surface area contributed by atoms with Gasteiger partial charge in [-0.15, -0.1) is 0 Å². The van der Waals surface area contributed by atoms with Crippen LogP contribution in [0.5, 0.6) is 0 Å². The van der Waals surface area contributed by atoms with Crippen molar-refractivity contribution in [2.24, 2.45) is 0 Å². The van der Waals surface area contributed by atoms with Crippen molar-refractivity contribution in [3.63, 3.8) is 0 Å². The van der Waals surface area contributed by atoms with E-state index >= 15 is 0 Å². The third kappa shape index (κ3) is 3.07. The molecule has 0 fully saturated rings. The van der Waals surface area contributed by atoms with Gasteiger partial charge in [0.25, 0.3) is 0 Å². The smallest absolute Gasteiger partial charge is 0.372 e. The fourth-order valence-electron chi connectivity index (χ4n) is 3.49. The minimum absolute atomic E-state index is 0.131. The summed E-state index contributed by atoms with van der Waals surface area (Å²) in [4.78, 5) is 0. The predicted molar refractivity (Wildman–Crippen MR) is 101 cm³/mol. The SMILES string of the molecule is Cc1ccc(F)cc1C(O)(c1ccc2c(cnn2-c2ccccc2)c1)C(F)(F)F. The molecule has 0 amide bonds. The fourth-order valence-corrected chi connectivity index (χ4v) is 3.49. The maximum Gasteiger partial charge on any atom is 0.425 e. The lowest BCUT2D eigenvalue weighted by atomic mass is 9.83. The van der Waals surface area contributed by atoms with Gasteiger partial charge in [0.15, 0.2) is 0 Å². The van der Waals surface area contributed by atoms with E-state index in [0.717, 1.165) is 17.8 Å². The molecule has 3 aromatic carbocycles. The number of hydrogen-bond acceptors (Lipinski definition) is 2. The van der Waals surface area contributed by atoms with Crippen LogP contribution in [-0.2, 0) is 5.60 Å². The van der Waals surface area contributed by atoms with Gasteiger partial charge < -0.3 is 5.11 Å². The zero-order valence-corrected chi connectivity index (χ0v) is 15.3. The van der Waals surface area contributed by atoms with Gasteiger partial charge in [0.2, 0.25) is 5.60 Å². The summed E-state index contributed by atoms with van der Waals surface area (Å²) in [7, 11) is 0. The Morgan fingerprint density at radius 3 is 2.34 bits per heavy atom. The molecule has 0 spiro atoms. The van der Waals surface area contributed by atoms with Gasteiger partial charge in [0.1, 0.15) is 5.82 Å². The van der Waals surface area contributed by atoms with Gasteiger partial charge in [0.05, 0.1) is 17.4 Å². The summed E-state index contributed by atoms with van der Waals surface area (Å²) in [6.07, 6.45) is -3.63. The number of rotatable bonds is 3. The van der Waals surface area contributed by atoms with E-state index < -0.39 is 28.7 Å². The maximum absolute atomic E-state index is 14.1. The number of alkyl halides is 3. The number of aryl methyl sites for hydroxylation is 1. The van der Waals surface area contributed by atoms with E-state index in [1.165, 1.54) is 37.4 Å². The summed E-state index contributed by atoms with van der Waals surface area (Å²) >= 11 is 0. The van der Waals surface area contributed by atoms with Crippen LogP contribution in [0, 0.1) is 12.7 Å². The van der Waals surface area contributed by atoms with Crippen LogP contribution in [0.1, 0.15) is 16.7 Å². The molecular formula is C22H16F4N2O. The predicted octanol–water partition coefficient (Wildman–Crippen LogP) is 5.27. The Hall–Kier alpha value is -3.19. The van der Waals surface area contributed by atoms with E-state index in [2.05, 4.69) is 5.10 Å². The molecule has 0 saturated heterocycles. The average molecular weight is 400 g/mol. The van der Waals surface area contributed by atoms with Crippen LogP contribution in [0.2, 0.25) is 0 Å². The van der Waals surface area contributed by atoms with Crippen LogP contribution in [-0.4, -0.2) is 21.1 Å². The summed E-state index contributed by atoms with van der Waals surface area (Å²) in [6.45, 7) is 1.40. The Morgan fingerprint density at radius 2 is 1.66 bits per heavy atom. The van der Waals surface area contributed by atoms with Crippen LogP contribution in [0.25, 0.3) is 16.6 Å². The van der Waals surface area contributed by atoms with E-state index in [1.807, 2.05) is 30.3 Å². The highest BCUT2D eigenvalue weighted by molar-refractivity contribution is 5.81. The van der Waals surface area contributed by atoms with Gasteiger partial charge in [-0.25, -0.2) is 9.07 Å². The Bertz CT molecular complexity index is 1180. The van der Waals surface area contributed by atoms with Crippen molar-refractivity contribution in [1.29, 1.82) is 0 Å². The molecule has 0 aliphatic carbocycles. The number of hydrogen-bond donors (Lipinski definition) is 1. The maximum atomic E-state index is 14.1. The second-order valence-corrected chi connectivity index (χ2v) is 6.83. The van der Waals surface area contributed by atoms with E-state index in [4.69, 9.17) is 0 Å². The third-order valence-electron chi connectivity index (χ3n) is 4.99. The van der Waals surface area contributed by atoms with Crippen LogP contribution in [0.3, 0.4) is 0 Å². The normalized spacial score (nSPS) is 14.1. The number of aromatic nitrogens is 2. The molecule has 29 heavy (non-hydrogen) atoms. The van der Waals surface area contributed by atoms with Gasteiger partial charge in [-0.3, -0.25) is 0 Å². The molecule has 148 valence electrons. The van der Waals surface area contributed by atoms with E-state index in [0.29, 0.717) is 10.9 Å². The lowest BCUT2D eigenvalue weighted by molar-refractivity contribution is -0.248. The van der Waals surface area contributed by atoms with Crippen LogP contribution in [0.4, 0.5) is 17.6 Å². The monoisotopic (exact) mass is 400 g/mol. The number of aliphatic hydroxyl groups is 1. The lowest BCUT2D eigenvalue weighted by Crippen LogP contribution is -2.44. The van der Waals surface area contributed by atoms with Crippen molar-refractivity contribution >= 4 is 10.9 Å². The highest BCUT2D eigenvalue weighted by Crippen LogP contribution is 2.46. The number of halogens is 4. The molecule has 1 unspecified atom stereocenters. The molecule has 3 nitrogen and oxygen atoms in total. The lowest BCUT2D eigenvalue weighted by Gasteiger charge is -2.32. The number of fused-ring (bicyclic) bond motifs is 1. The molecule has 0 radical (unpaired) electrons. The summed E-state index contributed by atoms with van der Waals surface area (Å²) in [6, 6.07) is 16.0. The Balaban J connectivity index is 1.92.